The molecule has 0 atom stereocenters. The second-order valence-electron chi connectivity index (χ2n) is 8.53. The number of rotatable bonds is 5. The van der Waals surface area contributed by atoms with Crippen LogP contribution in [0, 0.1) is 18.3 Å². The molecule has 2 aliphatic rings. The predicted octanol–water partition coefficient (Wildman–Crippen LogP) is 2.52. The van der Waals surface area contributed by atoms with Gasteiger partial charge in [-0.15, -0.1) is 0 Å². The average Bonchev–Trinajstić information content (AvgIpc) is 3.08. The number of fused-ring (bicyclic) bond motifs is 1. The molecule has 0 unspecified atom stereocenters. The third kappa shape index (κ3) is 5.66. The topological polar surface area (TPSA) is 67.7 Å². The van der Waals surface area contributed by atoms with Gasteiger partial charge < -0.3 is 19.9 Å². The van der Waals surface area contributed by atoms with Gasteiger partial charge in [-0.1, -0.05) is 12.1 Å². The molecule has 170 valence electrons. The highest BCUT2D eigenvalue weighted by atomic mass is 32.1. The lowest BCUT2D eigenvalue weighted by molar-refractivity contribution is 0.0376. The fourth-order valence-electron chi connectivity index (χ4n) is 4.36. The summed E-state index contributed by atoms with van der Waals surface area (Å²) >= 11 is 5.68. The molecule has 2 aromatic rings. The smallest absolute Gasteiger partial charge is 0.168 e. The zero-order chi connectivity index (χ0) is 22.3. The van der Waals surface area contributed by atoms with E-state index < -0.39 is 0 Å². The summed E-state index contributed by atoms with van der Waals surface area (Å²) in [5.74, 6) is 0.789. The van der Waals surface area contributed by atoms with E-state index in [0.717, 1.165) is 100 Å². The number of nitrogens with zero attached hydrogens (tertiary/aromatic N) is 5. The minimum Gasteiger partial charge on any atom is -0.379 e. The van der Waals surface area contributed by atoms with Crippen LogP contribution in [0.3, 0.4) is 0 Å². The molecule has 0 spiro atoms. The lowest BCUT2D eigenvalue weighted by Gasteiger charge is -2.27. The summed E-state index contributed by atoms with van der Waals surface area (Å²) in [5.41, 5.74) is 2.75. The van der Waals surface area contributed by atoms with Gasteiger partial charge in [-0.05, 0) is 56.2 Å². The fourth-order valence-corrected chi connectivity index (χ4v) is 4.64. The van der Waals surface area contributed by atoms with Crippen molar-refractivity contribution in [3.05, 3.63) is 35.4 Å². The van der Waals surface area contributed by atoms with Gasteiger partial charge >= 0.3 is 0 Å². The first-order valence-electron chi connectivity index (χ1n) is 11.5. The van der Waals surface area contributed by atoms with Gasteiger partial charge in [0.25, 0.3) is 0 Å². The normalized spacial score (nSPS) is 17.8. The Labute approximate surface area is 195 Å². The second kappa shape index (κ2) is 10.9. The summed E-state index contributed by atoms with van der Waals surface area (Å²) < 4.78 is 5.41. The van der Waals surface area contributed by atoms with Crippen LogP contribution < -0.4 is 10.2 Å². The number of benzene rings is 1. The zero-order valence-corrected chi connectivity index (χ0v) is 19.7. The van der Waals surface area contributed by atoms with Crippen molar-refractivity contribution >= 4 is 34.1 Å². The van der Waals surface area contributed by atoms with E-state index in [1.54, 1.807) is 0 Å². The highest BCUT2D eigenvalue weighted by Crippen LogP contribution is 2.25. The Kier molecular flexibility index (Phi) is 7.74. The van der Waals surface area contributed by atoms with Crippen molar-refractivity contribution in [1.82, 2.24) is 20.1 Å². The zero-order valence-electron chi connectivity index (χ0n) is 18.8. The van der Waals surface area contributed by atoms with Gasteiger partial charge in [-0.25, -0.2) is 4.98 Å². The van der Waals surface area contributed by atoms with Crippen LogP contribution >= 0.6 is 12.2 Å². The Hall–Kier alpha value is -2.47. The number of anilines is 1. The van der Waals surface area contributed by atoms with Crippen molar-refractivity contribution in [2.75, 3.05) is 70.5 Å². The van der Waals surface area contributed by atoms with E-state index in [2.05, 4.69) is 45.1 Å². The SMILES string of the molecule is Cc1ccc2cc(C#N)c(N3CCCN(C(=S)NCCCN4CCOCC4)CC3)nc2c1. The van der Waals surface area contributed by atoms with E-state index in [4.69, 9.17) is 21.9 Å². The number of aromatic nitrogens is 1. The van der Waals surface area contributed by atoms with Crippen LogP contribution in [0.2, 0.25) is 0 Å². The molecule has 0 aliphatic carbocycles. The number of morpholine rings is 1. The molecule has 8 heteroatoms. The number of ether oxygens (including phenoxy) is 1. The number of thiocarbonyl (C=S) groups is 1. The number of aryl methyl sites for hydroxylation is 1. The van der Waals surface area contributed by atoms with E-state index in [1.165, 1.54) is 5.56 Å². The van der Waals surface area contributed by atoms with Crippen LogP contribution in [0.25, 0.3) is 10.9 Å². The number of hydrogen-bond acceptors (Lipinski definition) is 6. The Morgan fingerprint density at radius 2 is 2.00 bits per heavy atom. The molecular formula is C24H32N6OS. The van der Waals surface area contributed by atoms with Crippen molar-refractivity contribution < 1.29 is 4.74 Å². The molecule has 7 nitrogen and oxygen atoms in total. The van der Waals surface area contributed by atoms with Crippen LogP contribution in [0.4, 0.5) is 5.82 Å². The average molecular weight is 453 g/mol. The van der Waals surface area contributed by atoms with Crippen molar-refractivity contribution in [2.24, 2.45) is 0 Å². The number of hydrogen-bond donors (Lipinski definition) is 1. The Bertz CT molecular complexity index is 984. The van der Waals surface area contributed by atoms with E-state index in [-0.39, 0.29) is 0 Å². The molecule has 1 N–H and O–H groups in total. The fraction of sp³-hybridized carbons (Fsp3) is 0.542. The molecule has 0 saturated carbocycles. The lowest BCUT2D eigenvalue weighted by atomic mass is 10.1. The molecule has 32 heavy (non-hydrogen) atoms. The maximum atomic E-state index is 9.72. The number of nitriles is 1. The van der Waals surface area contributed by atoms with E-state index in [9.17, 15) is 5.26 Å². The number of pyridine rings is 1. The van der Waals surface area contributed by atoms with Gasteiger partial charge in [0.2, 0.25) is 0 Å². The highest BCUT2D eigenvalue weighted by molar-refractivity contribution is 7.80. The Morgan fingerprint density at radius 3 is 2.81 bits per heavy atom. The van der Waals surface area contributed by atoms with Gasteiger partial charge in [0, 0.05) is 51.2 Å². The van der Waals surface area contributed by atoms with Crippen LogP contribution in [-0.4, -0.2) is 85.5 Å². The summed E-state index contributed by atoms with van der Waals surface area (Å²) in [7, 11) is 0. The van der Waals surface area contributed by atoms with Gasteiger partial charge in [0.15, 0.2) is 5.11 Å². The van der Waals surface area contributed by atoms with Crippen LogP contribution in [0.5, 0.6) is 0 Å². The largest absolute Gasteiger partial charge is 0.379 e. The van der Waals surface area contributed by atoms with E-state index >= 15 is 0 Å². The molecule has 4 rings (SSSR count). The van der Waals surface area contributed by atoms with Crippen LogP contribution in [-0.2, 0) is 4.74 Å². The summed E-state index contributed by atoms with van der Waals surface area (Å²) in [6.45, 7) is 11.2. The molecule has 3 heterocycles. The Balaban J connectivity index is 1.32. The van der Waals surface area contributed by atoms with Crippen molar-refractivity contribution in [2.45, 2.75) is 19.8 Å². The van der Waals surface area contributed by atoms with Gasteiger partial charge in [0.1, 0.15) is 11.9 Å². The van der Waals surface area contributed by atoms with Crippen molar-refractivity contribution in [3.8, 4) is 6.07 Å². The molecule has 2 aliphatic heterocycles. The standard InChI is InChI=1S/C24H32N6OS/c1-19-4-5-20-17-21(18-25)23(27-22(20)16-19)29-8-3-9-30(11-10-29)24(32)26-6-2-7-28-12-14-31-15-13-28/h4-5,16-17H,2-3,6-15H2,1H3,(H,26,32). The molecule has 1 aromatic heterocycles. The van der Waals surface area contributed by atoms with Crippen molar-refractivity contribution in [3.63, 3.8) is 0 Å². The molecular weight excluding hydrogens is 420 g/mol. The van der Waals surface area contributed by atoms with E-state index in [0.29, 0.717) is 5.56 Å². The van der Waals surface area contributed by atoms with Crippen LogP contribution in [0.1, 0.15) is 24.0 Å². The maximum Gasteiger partial charge on any atom is 0.168 e. The van der Waals surface area contributed by atoms with Gasteiger partial charge in [-0.2, -0.15) is 5.26 Å². The summed E-state index contributed by atoms with van der Waals surface area (Å²) in [5, 5.41) is 15.0. The van der Waals surface area contributed by atoms with Crippen LogP contribution in [0.15, 0.2) is 24.3 Å². The molecule has 2 fully saturated rings. The first-order valence-corrected chi connectivity index (χ1v) is 11.9. The second-order valence-corrected chi connectivity index (χ2v) is 8.92. The highest BCUT2D eigenvalue weighted by Gasteiger charge is 2.20. The predicted molar refractivity (Wildman–Crippen MR) is 132 cm³/mol. The van der Waals surface area contributed by atoms with Crippen molar-refractivity contribution in [1.29, 1.82) is 5.26 Å². The lowest BCUT2D eigenvalue weighted by Crippen LogP contribution is -2.43. The summed E-state index contributed by atoms with van der Waals surface area (Å²) in [6, 6.07) is 10.5. The third-order valence-electron chi connectivity index (χ3n) is 6.19. The molecule has 1 aromatic carbocycles. The Morgan fingerprint density at radius 1 is 1.16 bits per heavy atom. The molecule has 0 radical (unpaired) electrons. The third-order valence-corrected chi connectivity index (χ3v) is 6.59. The quantitative estimate of drug-likeness (QED) is 0.548. The van der Waals surface area contributed by atoms with Gasteiger partial charge in [0.05, 0.1) is 24.3 Å². The minimum absolute atomic E-state index is 0.638. The molecule has 0 bridgehead atoms. The maximum absolute atomic E-state index is 9.72. The molecule has 2 saturated heterocycles. The molecule has 0 amide bonds. The van der Waals surface area contributed by atoms with Gasteiger partial charge in [-0.3, -0.25) is 4.90 Å². The first kappa shape index (κ1) is 22.7. The first-order chi connectivity index (χ1) is 15.6. The minimum atomic E-state index is 0.638. The summed E-state index contributed by atoms with van der Waals surface area (Å²) in [6.07, 6.45) is 2.06. The monoisotopic (exact) mass is 452 g/mol. The number of nitrogens with one attached hydrogen (secondary N) is 1. The van der Waals surface area contributed by atoms with E-state index in [1.807, 2.05) is 12.1 Å². The summed E-state index contributed by atoms with van der Waals surface area (Å²) in [4.78, 5) is 11.8.